The zero-order valence-corrected chi connectivity index (χ0v) is 12.7. The van der Waals surface area contributed by atoms with Crippen LogP contribution in [0.1, 0.15) is 18.7 Å². The molecule has 21 heavy (non-hydrogen) atoms. The van der Waals surface area contributed by atoms with E-state index in [2.05, 4.69) is 29.5 Å². The summed E-state index contributed by atoms with van der Waals surface area (Å²) in [7, 11) is 1.66. The van der Waals surface area contributed by atoms with Crippen LogP contribution in [0.25, 0.3) is 0 Å². The van der Waals surface area contributed by atoms with Crippen LogP contribution in [0, 0.1) is 0 Å². The molecule has 8 heteroatoms. The fourth-order valence-corrected chi connectivity index (χ4v) is 3.09. The molecule has 0 spiro atoms. The molecule has 0 atom stereocenters. The Labute approximate surface area is 127 Å². The summed E-state index contributed by atoms with van der Waals surface area (Å²) in [5.41, 5.74) is 0. The lowest BCUT2D eigenvalue weighted by atomic mass is 10.1. The molecular formula is C13H18N6OS. The molecule has 3 heterocycles. The van der Waals surface area contributed by atoms with Crippen molar-refractivity contribution in [2.75, 3.05) is 30.4 Å². The van der Waals surface area contributed by atoms with Gasteiger partial charge in [0.25, 0.3) is 0 Å². The smallest absolute Gasteiger partial charge is 0.205 e. The molecule has 1 aliphatic heterocycles. The van der Waals surface area contributed by atoms with Crippen LogP contribution in [-0.2, 0) is 11.3 Å². The maximum atomic E-state index is 5.05. The summed E-state index contributed by atoms with van der Waals surface area (Å²) in [5.74, 6) is 1.65. The first-order chi connectivity index (χ1) is 10.3. The molecular weight excluding hydrogens is 288 g/mol. The van der Waals surface area contributed by atoms with Gasteiger partial charge in [0.1, 0.15) is 18.8 Å². The molecule has 1 N–H and O–H groups in total. The molecule has 7 nitrogen and oxygen atoms in total. The molecule has 1 fully saturated rings. The van der Waals surface area contributed by atoms with E-state index >= 15 is 0 Å². The summed E-state index contributed by atoms with van der Waals surface area (Å²) < 4.78 is 9.35. The lowest BCUT2D eigenvalue weighted by Gasteiger charge is -2.32. The molecule has 0 unspecified atom stereocenters. The topological polar surface area (TPSA) is 76.1 Å². The Morgan fingerprint density at radius 3 is 3.00 bits per heavy atom. The number of nitrogens with one attached hydrogen (secondary N) is 1. The van der Waals surface area contributed by atoms with Crippen molar-refractivity contribution in [2.45, 2.75) is 25.5 Å². The Morgan fingerprint density at radius 1 is 1.43 bits per heavy atom. The summed E-state index contributed by atoms with van der Waals surface area (Å²) in [6.45, 7) is 2.43. The van der Waals surface area contributed by atoms with Crippen LogP contribution in [0.3, 0.4) is 0 Å². The largest absolute Gasteiger partial charge is 0.377 e. The Morgan fingerprint density at radius 2 is 2.29 bits per heavy atom. The van der Waals surface area contributed by atoms with Gasteiger partial charge in [-0.3, -0.25) is 0 Å². The molecule has 0 saturated carbocycles. The van der Waals surface area contributed by atoms with Gasteiger partial charge < -0.3 is 15.0 Å². The number of piperidine rings is 1. The zero-order valence-electron chi connectivity index (χ0n) is 11.9. The molecule has 112 valence electrons. The number of hydrogen-bond acceptors (Lipinski definition) is 8. The molecule has 2 aromatic heterocycles. The van der Waals surface area contributed by atoms with Gasteiger partial charge in [0, 0.05) is 44.0 Å². The van der Waals surface area contributed by atoms with E-state index in [0.717, 1.165) is 42.7 Å². The van der Waals surface area contributed by atoms with E-state index in [4.69, 9.17) is 4.74 Å². The minimum Gasteiger partial charge on any atom is -0.377 e. The van der Waals surface area contributed by atoms with Crippen LogP contribution in [0.5, 0.6) is 0 Å². The van der Waals surface area contributed by atoms with E-state index in [0.29, 0.717) is 12.6 Å². The number of methoxy groups -OCH3 is 1. The van der Waals surface area contributed by atoms with Crippen LogP contribution in [0.4, 0.5) is 10.9 Å². The average Bonchev–Trinajstić information content (AvgIpc) is 2.98. The van der Waals surface area contributed by atoms with Crippen molar-refractivity contribution in [1.29, 1.82) is 0 Å². The van der Waals surface area contributed by atoms with Crippen LogP contribution >= 0.6 is 11.5 Å². The summed E-state index contributed by atoms with van der Waals surface area (Å²) in [6.07, 6.45) is 5.44. The SMILES string of the molecule is COCc1nsc(N2CCC(Nc3ccncn3)CC2)n1. The molecule has 2 aromatic rings. The number of hydrogen-bond donors (Lipinski definition) is 1. The highest BCUT2D eigenvalue weighted by Crippen LogP contribution is 2.23. The van der Waals surface area contributed by atoms with Crippen molar-refractivity contribution >= 4 is 22.5 Å². The number of rotatable bonds is 5. The van der Waals surface area contributed by atoms with Crippen LogP contribution in [-0.4, -0.2) is 45.6 Å². The summed E-state index contributed by atoms with van der Waals surface area (Å²) >= 11 is 1.45. The van der Waals surface area contributed by atoms with Gasteiger partial charge in [0.2, 0.25) is 5.13 Å². The van der Waals surface area contributed by atoms with Gasteiger partial charge in [-0.05, 0) is 18.9 Å². The number of nitrogens with zero attached hydrogens (tertiary/aromatic N) is 5. The lowest BCUT2D eigenvalue weighted by Crippen LogP contribution is -2.39. The molecule has 0 bridgehead atoms. The van der Waals surface area contributed by atoms with Gasteiger partial charge in [-0.1, -0.05) is 0 Å². The molecule has 0 aromatic carbocycles. The summed E-state index contributed by atoms with van der Waals surface area (Å²) in [6, 6.07) is 2.34. The van der Waals surface area contributed by atoms with E-state index in [1.54, 1.807) is 19.6 Å². The lowest BCUT2D eigenvalue weighted by molar-refractivity contribution is 0.179. The molecule has 1 saturated heterocycles. The second-order valence-corrected chi connectivity index (χ2v) is 5.66. The number of aromatic nitrogens is 4. The maximum Gasteiger partial charge on any atom is 0.205 e. The maximum absolute atomic E-state index is 5.05. The van der Waals surface area contributed by atoms with E-state index in [-0.39, 0.29) is 0 Å². The van der Waals surface area contributed by atoms with Gasteiger partial charge in [0.05, 0.1) is 0 Å². The Hall–Kier alpha value is -1.80. The van der Waals surface area contributed by atoms with Crippen molar-refractivity contribution in [3.8, 4) is 0 Å². The van der Waals surface area contributed by atoms with Gasteiger partial charge in [-0.15, -0.1) is 0 Å². The van der Waals surface area contributed by atoms with Crippen molar-refractivity contribution < 1.29 is 4.74 Å². The summed E-state index contributed by atoms with van der Waals surface area (Å²) in [5, 5.41) is 4.44. The third kappa shape index (κ3) is 3.64. The predicted molar refractivity (Wildman–Crippen MR) is 81.5 cm³/mol. The van der Waals surface area contributed by atoms with Crippen molar-refractivity contribution in [1.82, 2.24) is 19.3 Å². The van der Waals surface area contributed by atoms with Crippen molar-refractivity contribution in [3.05, 3.63) is 24.4 Å². The number of ether oxygens (including phenoxy) is 1. The second-order valence-electron chi connectivity index (χ2n) is 4.93. The predicted octanol–water partition coefficient (Wildman–Crippen LogP) is 1.56. The minimum absolute atomic E-state index is 0.447. The Balaban J connectivity index is 1.52. The van der Waals surface area contributed by atoms with Crippen LogP contribution in [0.15, 0.2) is 18.6 Å². The molecule has 0 amide bonds. The molecule has 0 aliphatic carbocycles. The Kier molecular flexibility index (Phi) is 4.56. The van der Waals surface area contributed by atoms with E-state index < -0.39 is 0 Å². The zero-order chi connectivity index (χ0) is 14.5. The highest BCUT2D eigenvalue weighted by molar-refractivity contribution is 7.09. The first kappa shape index (κ1) is 14.2. The van der Waals surface area contributed by atoms with Crippen LogP contribution < -0.4 is 10.2 Å². The fourth-order valence-electron chi connectivity index (χ4n) is 2.36. The monoisotopic (exact) mass is 306 g/mol. The highest BCUT2D eigenvalue weighted by atomic mass is 32.1. The molecule has 3 rings (SSSR count). The summed E-state index contributed by atoms with van der Waals surface area (Å²) in [4.78, 5) is 14.9. The highest BCUT2D eigenvalue weighted by Gasteiger charge is 2.21. The quantitative estimate of drug-likeness (QED) is 0.898. The first-order valence-corrected chi connectivity index (χ1v) is 7.71. The van der Waals surface area contributed by atoms with Crippen LogP contribution in [0.2, 0.25) is 0 Å². The standard InChI is InChI=1S/C13H18N6OS/c1-20-8-12-17-13(21-18-12)19-6-3-10(4-7-19)16-11-2-5-14-9-15-11/h2,5,9-10H,3-4,6-8H2,1H3,(H,14,15,16). The molecule has 0 radical (unpaired) electrons. The van der Waals surface area contributed by atoms with Crippen molar-refractivity contribution in [2.24, 2.45) is 0 Å². The molecule has 1 aliphatic rings. The first-order valence-electron chi connectivity index (χ1n) is 6.94. The van der Waals surface area contributed by atoms with Gasteiger partial charge in [-0.2, -0.15) is 4.37 Å². The van der Waals surface area contributed by atoms with Gasteiger partial charge >= 0.3 is 0 Å². The van der Waals surface area contributed by atoms with E-state index in [1.807, 2.05) is 6.07 Å². The van der Waals surface area contributed by atoms with Gasteiger partial charge in [-0.25, -0.2) is 15.0 Å². The third-order valence-corrected chi connectivity index (χ3v) is 4.25. The normalized spacial score (nSPS) is 16.1. The van der Waals surface area contributed by atoms with Gasteiger partial charge in [0.15, 0.2) is 5.82 Å². The number of anilines is 2. The fraction of sp³-hybridized carbons (Fsp3) is 0.538. The van der Waals surface area contributed by atoms with Crippen molar-refractivity contribution in [3.63, 3.8) is 0 Å². The van der Waals surface area contributed by atoms with E-state index in [9.17, 15) is 0 Å². The average molecular weight is 306 g/mol. The second kappa shape index (κ2) is 6.77. The third-order valence-electron chi connectivity index (χ3n) is 3.43. The van der Waals surface area contributed by atoms with E-state index in [1.165, 1.54) is 11.5 Å². The minimum atomic E-state index is 0.447. The Bertz CT molecular complexity index is 555.